The van der Waals surface area contributed by atoms with E-state index in [1.54, 1.807) is 0 Å². The number of nitrogens with zero attached hydrogens (tertiary/aromatic N) is 1. The molecule has 0 radical (unpaired) electrons. The number of hydrogen-bond acceptors (Lipinski definition) is 1. The average molecular weight is 184 g/mol. The first-order valence-corrected chi connectivity index (χ1v) is 4.16. The van der Waals surface area contributed by atoms with Crippen LogP contribution < -0.4 is 0 Å². The van der Waals surface area contributed by atoms with Crippen LogP contribution in [0.4, 0.5) is 0 Å². The Kier molecular flexibility index (Phi) is 5.51. The molecule has 1 aliphatic rings. The van der Waals surface area contributed by atoms with Crippen LogP contribution in [0, 0.1) is 0 Å². The van der Waals surface area contributed by atoms with Crippen LogP contribution in [-0.4, -0.2) is 23.5 Å². The van der Waals surface area contributed by atoms with E-state index in [0.29, 0.717) is 5.50 Å². The number of alkyl halides is 1. The van der Waals surface area contributed by atoms with Crippen LogP contribution in [0.2, 0.25) is 0 Å². The molecular formula is C7H15Cl2N. The number of rotatable bonds is 2. The van der Waals surface area contributed by atoms with Crippen molar-refractivity contribution in [1.29, 1.82) is 0 Å². The second-order valence-corrected chi connectivity index (χ2v) is 3.09. The molecule has 0 spiro atoms. The molecule has 0 amide bonds. The van der Waals surface area contributed by atoms with E-state index in [0.717, 1.165) is 6.42 Å². The zero-order valence-electron chi connectivity index (χ0n) is 6.35. The Labute approximate surface area is 74.1 Å². The van der Waals surface area contributed by atoms with Crippen molar-refractivity contribution in [3.8, 4) is 0 Å². The molecule has 1 saturated heterocycles. The fourth-order valence-electron chi connectivity index (χ4n) is 1.28. The first kappa shape index (κ1) is 10.5. The maximum atomic E-state index is 6.00. The molecule has 1 unspecified atom stereocenters. The van der Waals surface area contributed by atoms with Gasteiger partial charge in [-0.25, -0.2) is 0 Å². The monoisotopic (exact) mass is 183 g/mol. The van der Waals surface area contributed by atoms with Gasteiger partial charge >= 0.3 is 0 Å². The van der Waals surface area contributed by atoms with Crippen LogP contribution in [0.5, 0.6) is 0 Å². The van der Waals surface area contributed by atoms with E-state index in [-0.39, 0.29) is 12.4 Å². The summed E-state index contributed by atoms with van der Waals surface area (Å²) in [5.41, 5.74) is 0.299. The van der Waals surface area contributed by atoms with Crippen LogP contribution in [0.1, 0.15) is 26.2 Å². The van der Waals surface area contributed by atoms with Gasteiger partial charge in [-0.3, -0.25) is 4.90 Å². The van der Waals surface area contributed by atoms with Gasteiger partial charge in [0.1, 0.15) is 0 Å². The smallest absolute Gasteiger partial charge is 0.0847 e. The largest absolute Gasteiger partial charge is 0.287 e. The molecule has 1 nitrogen and oxygen atoms in total. The van der Waals surface area contributed by atoms with Gasteiger partial charge in [0.25, 0.3) is 0 Å². The Morgan fingerprint density at radius 2 is 1.90 bits per heavy atom. The third-order valence-electron chi connectivity index (χ3n) is 1.87. The molecule has 0 aromatic heterocycles. The molecule has 1 heterocycles. The number of halogens is 2. The van der Waals surface area contributed by atoms with Crippen LogP contribution in [-0.2, 0) is 0 Å². The summed E-state index contributed by atoms with van der Waals surface area (Å²) in [5, 5.41) is 0. The van der Waals surface area contributed by atoms with E-state index in [4.69, 9.17) is 11.6 Å². The van der Waals surface area contributed by atoms with E-state index in [9.17, 15) is 0 Å². The van der Waals surface area contributed by atoms with E-state index in [1.807, 2.05) is 0 Å². The SMILES string of the molecule is CCC(Cl)N1CCCC1.Cl. The molecule has 10 heavy (non-hydrogen) atoms. The normalized spacial score (nSPS) is 22.2. The molecule has 0 aromatic carbocycles. The summed E-state index contributed by atoms with van der Waals surface area (Å²) in [4.78, 5) is 2.35. The van der Waals surface area contributed by atoms with Gasteiger partial charge in [-0.1, -0.05) is 6.92 Å². The second-order valence-electron chi connectivity index (χ2n) is 2.59. The summed E-state index contributed by atoms with van der Waals surface area (Å²) in [6, 6.07) is 0. The van der Waals surface area contributed by atoms with Crippen molar-refractivity contribution in [1.82, 2.24) is 4.90 Å². The lowest BCUT2D eigenvalue weighted by Crippen LogP contribution is -2.27. The van der Waals surface area contributed by atoms with Gasteiger partial charge in [-0.05, 0) is 32.4 Å². The van der Waals surface area contributed by atoms with E-state index >= 15 is 0 Å². The number of hydrogen-bond donors (Lipinski definition) is 0. The maximum Gasteiger partial charge on any atom is 0.0847 e. The lowest BCUT2D eigenvalue weighted by molar-refractivity contribution is 0.306. The molecule has 3 heteroatoms. The predicted octanol–water partition coefficient (Wildman–Crippen LogP) is 2.48. The third kappa shape index (κ3) is 2.65. The summed E-state index contributed by atoms with van der Waals surface area (Å²) < 4.78 is 0. The zero-order valence-corrected chi connectivity index (χ0v) is 7.92. The van der Waals surface area contributed by atoms with Crippen LogP contribution in [0.3, 0.4) is 0 Å². The predicted molar refractivity (Wildman–Crippen MR) is 48.0 cm³/mol. The minimum Gasteiger partial charge on any atom is -0.287 e. The van der Waals surface area contributed by atoms with Crippen LogP contribution >= 0.6 is 24.0 Å². The first-order chi connectivity index (χ1) is 4.34. The summed E-state index contributed by atoms with van der Waals surface area (Å²) >= 11 is 6.00. The van der Waals surface area contributed by atoms with Crippen molar-refractivity contribution in [2.24, 2.45) is 0 Å². The molecule has 1 fully saturated rings. The Morgan fingerprint density at radius 1 is 1.40 bits per heavy atom. The maximum absolute atomic E-state index is 6.00. The molecular weight excluding hydrogens is 169 g/mol. The molecule has 0 aromatic rings. The molecule has 0 aliphatic carbocycles. The van der Waals surface area contributed by atoms with Crippen molar-refractivity contribution >= 4 is 24.0 Å². The van der Waals surface area contributed by atoms with Gasteiger partial charge < -0.3 is 0 Å². The second kappa shape index (κ2) is 5.22. The van der Waals surface area contributed by atoms with E-state index in [2.05, 4.69) is 11.8 Å². The lowest BCUT2D eigenvalue weighted by Gasteiger charge is -2.19. The fourth-order valence-corrected chi connectivity index (χ4v) is 1.48. The summed E-state index contributed by atoms with van der Waals surface area (Å²) in [6.45, 7) is 4.56. The Morgan fingerprint density at radius 3 is 2.30 bits per heavy atom. The highest BCUT2D eigenvalue weighted by molar-refractivity contribution is 6.20. The van der Waals surface area contributed by atoms with Crippen LogP contribution in [0.25, 0.3) is 0 Å². The topological polar surface area (TPSA) is 3.24 Å². The molecule has 0 N–H and O–H groups in total. The average Bonchev–Trinajstić information content (AvgIpc) is 2.37. The minimum absolute atomic E-state index is 0. The van der Waals surface area contributed by atoms with Gasteiger partial charge in [-0.15, -0.1) is 24.0 Å². The van der Waals surface area contributed by atoms with Gasteiger partial charge in [0.15, 0.2) is 0 Å². The zero-order chi connectivity index (χ0) is 6.69. The fraction of sp³-hybridized carbons (Fsp3) is 1.00. The standard InChI is InChI=1S/C7H14ClN.ClH/c1-2-7(8)9-5-3-4-6-9;/h7H,2-6H2,1H3;1H. The Hall–Kier alpha value is 0.540. The van der Waals surface area contributed by atoms with Gasteiger partial charge in [0, 0.05) is 0 Å². The number of likely N-dealkylation sites (tertiary alicyclic amines) is 1. The summed E-state index contributed by atoms with van der Waals surface area (Å²) in [5.74, 6) is 0. The third-order valence-corrected chi connectivity index (χ3v) is 2.46. The quantitative estimate of drug-likeness (QED) is 0.470. The van der Waals surface area contributed by atoms with Crippen LogP contribution in [0.15, 0.2) is 0 Å². The highest BCUT2D eigenvalue weighted by atomic mass is 35.5. The Bertz CT molecular complexity index is 81.7. The molecule has 0 saturated carbocycles. The molecule has 0 bridgehead atoms. The van der Waals surface area contributed by atoms with Crippen molar-refractivity contribution < 1.29 is 0 Å². The van der Waals surface area contributed by atoms with Crippen molar-refractivity contribution in [2.75, 3.05) is 13.1 Å². The van der Waals surface area contributed by atoms with Crippen molar-refractivity contribution in [3.63, 3.8) is 0 Å². The summed E-state index contributed by atoms with van der Waals surface area (Å²) in [6.07, 6.45) is 3.74. The lowest BCUT2D eigenvalue weighted by atomic mass is 10.4. The molecule has 62 valence electrons. The van der Waals surface area contributed by atoms with Crippen molar-refractivity contribution in [2.45, 2.75) is 31.7 Å². The highest BCUT2D eigenvalue weighted by Gasteiger charge is 2.17. The van der Waals surface area contributed by atoms with Gasteiger partial charge in [-0.2, -0.15) is 0 Å². The molecule has 1 aliphatic heterocycles. The molecule has 1 rings (SSSR count). The van der Waals surface area contributed by atoms with Crippen molar-refractivity contribution in [3.05, 3.63) is 0 Å². The highest BCUT2D eigenvalue weighted by Crippen LogP contribution is 2.15. The van der Waals surface area contributed by atoms with E-state index < -0.39 is 0 Å². The first-order valence-electron chi connectivity index (χ1n) is 3.72. The summed E-state index contributed by atoms with van der Waals surface area (Å²) in [7, 11) is 0. The Balaban J connectivity index is 0.000000810. The van der Waals surface area contributed by atoms with E-state index in [1.165, 1.54) is 25.9 Å². The minimum atomic E-state index is 0. The van der Waals surface area contributed by atoms with Gasteiger partial charge in [0.05, 0.1) is 5.50 Å². The molecule has 1 atom stereocenters. The van der Waals surface area contributed by atoms with Gasteiger partial charge in [0.2, 0.25) is 0 Å².